The Bertz CT molecular complexity index is 1370. The normalized spacial score (nSPS) is 17.1. The molecule has 5 rings (SSSR count). The van der Waals surface area contributed by atoms with Crippen molar-refractivity contribution in [3.8, 4) is 0 Å². The quantitative estimate of drug-likeness (QED) is 0.339. The summed E-state index contributed by atoms with van der Waals surface area (Å²) in [5.41, 5.74) is 2.72. The van der Waals surface area contributed by atoms with Crippen molar-refractivity contribution in [2.75, 3.05) is 56.2 Å². The summed E-state index contributed by atoms with van der Waals surface area (Å²) in [6.07, 6.45) is -4.00. The maximum absolute atomic E-state index is 13.2. The van der Waals surface area contributed by atoms with E-state index in [0.29, 0.717) is 62.8 Å². The highest BCUT2D eigenvalue weighted by molar-refractivity contribution is 5.99. The first-order valence-corrected chi connectivity index (χ1v) is 13.8. The van der Waals surface area contributed by atoms with E-state index in [0.717, 1.165) is 29.8 Å². The molecule has 1 unspecified atom stereocenters. The second-order valence-electron chi connectivity index (χ2n) is 10.1. The highest BCUT2D eigenvalue weighted by Gasteiger charge is 2.36. The molecule has 10 heteroatoms. The summed E-state index contributed by atoms with van der Waals surface area (Å²) in [7, 11) is 0. The number of ether oxygens (including phenoxy) is 1. The predicted molar refractivity (Wildman–Crippen MR) is 151 cm³/mol. The number of anilines is 2. The minimum absolute atomic E-state index is 0.0225. The Hall–Kier alpha value is -4.05. The summed E-state index contributed by atoms with van der Waals surface area (Å²) in [6.45, 7) is 5.41. The number of benzene rings is 3. The molecule has 41 heavy (non-hydrogen) atoms. The molecule has 0 bridgehead atoms. The number of amides is 2. The summed E-state index contributed by atoms with van der Waals surface area (Å²) in [5.74, 6) is -0.148. The van der Waals surface area contributed by atoms with E-state index in [1.807, 2.05) is 53.1 Å². The van der Waals surface area contributed by atoms with Gasteiger partial charge in [-0.3, -0.25) is 9.59 Å². The molecule has 1 saturated heterocycles. The molecule has 0 spiro atoms. The van der Waals surface area contributed by atoms with E-state index in [2.05, 4.69) is 5.32 Å². The lowest BCUT2D eigenvalue weighted by Crippen LogP contribution is -2.48. The van der Waals surface area contributed by atoms with E-state index < -0.39 is 11.7 Å². The van der Waals surface area contributed by atoms with Gasteiger partial charge in [0.25, 0.3) is 11.8 Å². The number of carbonyl (C=O) groups excluding carboxylic acids is 2. The second-order valence-corrected chi connectivity index (χ2v) is 10.1. The average Bonchev–Trinajstić information content (AvgIpc) is 3.25. The van der Waals surface area contributed by atoms with Gasteiger partial charge in [-0.15, -0.1) is 0 Å². The molecule has 0 saturated carbocycles. The number of fused-ring (bicyclic) bond motifs is 1. The lowest BCUT2D eigenvalue weighted by atomic mass is 10.1. The molecular formula is C31H33F3N4O3. The molecule has 216 valence electrons. The number of nitrogens with one attached hydrogen (secondary N) is 1. The van der Waals surface area contributed by atoms with Crippen LogP contribution >= 0.6 is 0 Å². The number of alkyl halides is 3. The molecule has 3 aromatic carbocycles. The van der Waals surface area contributed by atoms with Gasteiger partial charge in [0.05, 0.1) is 5.56 Å². The van der Waals surface area contributed by atoms with Crippen molar-refractivity contribution in [2.45, 2.75) is 25.7 Å². The standard InChI is InChI=1S/C31H33F3N4O3/c1-2-41-20-6-15-38-28(26-9-3-4-10-27(26)30(38)40)35-24-13-11-22(12-14-24)29(39)37-18-16-36(17-19-37)25-8-5-7-23(21-25)31(32,33)34/h3-5,7-14,21,28,35H,2,6,15-20H2,1H3. The van der Waals surface area contributed by atoms with Crippen molar-refractivity contribution < 1.29 is 27.5 Å². The zero-order valence-electron chi connectivity index (χ0n) is 22.9. The van der Waals surface area contributed by atoms with Gasteiger partial charge >= 0.3 is 6.18 Å². The molecule has 2 aliphatic rings. The third-order valence-corrected chi connectivity index (χ3v) is 7.49. The first kappa shape index (κ1) is 28.5. The number of hydrogen-bond donors (Lipinski definition) is 1. The Kier molecular flexibility index (Phi) is 8.49. The van der Waals surface area contributed by atoms with Crippen molar-refractivity contribution in [1.82, 2.24) is 9.80 Å². The van der Waals surface area contributed by atoms with Gasteiger partial charge in [0, 0.05) is 74.0 Å². The van der Waals surface area contributed by atoms with Gasteiger partial charge in [-0.1, -0.05) is 24.3 Å². The molecule has 1 fully saturated rings. The van der Waals surface area contributed by atoms with Gasteiger partial charge in [0.15, 0.2) is 0 Å². The number of halogens is 3. The maximum atomic E-state index is 13.2. The lowest BCUT2D eigenvalue weighted by Gasteiger charge is -2.36. The summed E-state index contributed by atoms with van der Waals surface area (Å²) in [4.78, 5) is 31.7. The summed E-state index contributed by atoms with van der Waals surface area (Å²) < 4.78 is 44.8. The number of rotatable bonds is 9. The Morgan fingerprint density at radius 2 is 1.71 bits per heavy atom. The van der Waals surface area contributed by atoms with Gasteiger partial charge < -0.3 is 24.8 Å². The molecule has 1 atom stereocenters. The van der Waals surface area contributed by atoms with Crippen LogP contribution in [-0.4, -0.2) is 67.6 Å². The fourth-order valence-corrected chi connectivity index (χ4v) is 5.33. The molecule has 7 nitrogen and oxygen atoms in total. The molecule has 1 N–H and O–H groups in total. The fourth-order valence-electron chi connectivity index (χ4n) is 5.33. The first-order chi connectivity index (χ1) is 19.8. The van der Waals surface area contributed by atoms with E-state index in [1.165, 1.54) is 6.07 Å². The summed E-state index contributed by atoms with van der Waals surface area (Å²) in [6, 6.07) is 20.0. The first-order valence-electron chi connectivity index (χ1n) is 13.8. The molecule has 0 radical (unpaired) electrons. The zero-order chi connectivity index (χ0) is 29.0. The average molecular weight is 567 g/mol. The van der Waals surface area contributed by atoms with Crippen LogP contribution in [0, 0.1) is 0 Å². The smallest absolute Gasteiger partial charge is 0.382 e. The van der Waals surface area contributed by atoms with Crippen LogP contribution in [0.15, 0.2) is 72.8 Å². The van der Waals surface area contributed by atoms with Crippen molar-refractivity contribution in [2.24, 2.45) is 0 Å². The van der Waals surface area contributed by atoms with Crippen LogP contribution in [0.2, 0.25) is 0 Å². The number of carbonyl (C=O) groups is 2. The number of nitrogens with zero attached hydrogens (tertiary/aromatic N) is 3. The predicted octanol–water partition coefficient (Wildman–Crippen LogP) is 5.66. The zero-order valence-corrected chi connectivity index (χ0v) is 22.9. The Morgan fingerprint density at radius 3 is 2.41 bits per heavy atom. The van der Waals surface area contributed by atoms with Crippen molar-refractivity contribution in [3.63, 3.8) is 0 Å². The third kappa shape index (κ3) is 6.32. The van der Waals surface area contributed by atoms with Crippen LogP contribution in [0.4, 0.5) is 24.5 Å². The summed E-state index contributed by atoms with van der Waals surface area (Å²) in [5, 5.41) is 3.46. The molecule has 3 aromatic rings. The fraction of sp³-hybridized carbons (Fsp3) is 0.355. The van der Waals surface area contributed by atoms with Crippen LogP contribution in [0.5, 0.6) is 0 Å². The molecule has 0 aromatic heterocycles. The van der Waals surface area contributed by atoms with Gasteiger partial charge in [0.2, 0.25) is 0 Å². The minimum Gasteiger partial charge on any atom is -0.382 e. The van der Waals surface area contributed by atoms with E-state index in [9.17, 15) is 22.8 Å². The Morgan fingerprint density at radius 1 is 0.976 bits per heavy atom. The van der Waals surface area contributed by atoms with Crippen LogP contribution in [0.1, 0.15) is 51.4 Å². The van der Waals surface area contributed by atoms with Crippen molar-refractivity contribution >= 4 is 23.2 Å². The van der Waals surface area contributed by atoms with Crippen LogP contribution in [0.25, 0.3) is 0 Å². The van der Waals surface area contributed by atoms with Crippen molar-refractivity contribution in [3.05, 3.63) is 95.1 Å². The van der Waals surface area contributed by atoms with Crippen molar-refractivity contribution in [1.29, 1.82) is 0 Å². The third-order valence-electron chi connectivity index (χ3n) is 7.49. The number of hydrogen-bond acceptors (Lipinski definition) is 5. The van der Waals surface area contributed by atoms with Crippen LogP contribution < -0.4 is 10.2 Å². The molecule has 2 aliphatic heterocycles. The molecular weight excluding hydrogens is 533 g/mol. The highest BCUT2D eigenvalue weighted by Crippen LogP contribution is 2.35. The Labute approximate surface area is 237 Å². The van der Waals surface area contributed by atoms with Gasteiger partial charge in [-0.2, -0.15) is 13.2 Å². The lowest BCUT2D eigenvalue weighted by molar-refractivity contribution is -0.137. The van der Waals surface area contributed by atoms with Gasteiger partial charge in [-0.25, -0.2) is 0 Å². The largest absolute Gasteiger partial charge is 0.416 e. The highest BCUT2D eigenvalue weighted by atomic mass is 19.4. The van der Waals surface area contributed by atoms with Crippen LogP contribution in [-0.2, 0) is 10.9 Å². The van der Waals surface area contributed by atoms with E-state index in [4.69, 9.17) is 4.74 Å². The molecule has 0 aliphatic carbocycles. The monoisotopic (exact) mass is 566 g/mol. The van der Waals surface area contributed by atoms with E-state index in [-0.39, 0.29) is 18.0 Å². The van der Waals surface area contributed by atoms with E-state index >= 15 is 0 Å². The van der Waals surface area contributed by atoms with E-state index in [1.54, 1.807) is 23.1 Å². The Balaban J connectivity index is 1.21. The number of piperazine rings is 1. The molecule has 2 amide bonds. The van der Waals surface area contributed by atoms with Crippen LogP contribution in [0.3, 0.4) is 0 Å². The minimum atomic E-state index is -4.40. The summed E-state index contributed by atoms with van der Waals surface area (Å²) >= 11 is 0. The van der Waals surface area contributed by atoms with Gasteiger partial charge in [-0.05, 0) is 61.9 Å². The van der Waals surface area contributed by atoms with Gasteiger partial charge in [0.1, 0.15) is 6.17 Å². The second kappa shape index (κ2) is 12.2. The SMILES string of the molecule is CCOCCCN1C(=O)c2ccccc2C1Nc1ccc(C(=O)N2CCN(c3cccc(C(F)(F)F)c3)CC2)cc1. The maximum Gasteiger partial charge on any atom is 0.416 e. The topological polar surface area (TPSA) is 65.1 Å². The molecule has 2 heterocycles.